The molecule has 0 unspecified atom stereocenters. The molecule has 2 amide bonds. The van der Waals surface area contributed by atoms with Crippen LogP contribution in [0.2, 0.25) is 0 Å². The molecular formula is C23H22N2O3S2. The second-order valence-electron chi connectivity index (χ2n) is 6.51. The number of thioether (sulfide) groups is 1. The van der Waals surface area contributed by atoms with E-state index >= 15 is 0 Å². The predicted molar refractivity (Wildman–Crippen MR) is 126 cm³/mol. The van der Waals surface area contributed by atoms with Gasteiger partial charge in [-0.1, -0.05) is 72.5 Å². The minimum Gasteiger partial charge on any atom is -0.497 e. The van der Waals surface area contributed by atoms with Crippen molar-refractivity contribution in [3.8, 4) is 5.75 Å². The Hall–Kier alpha value is -2.90. The number of nitrogens with one attached hydrogen (secondary N) is 1. The van der Waals surface area contributed by atoms with Crippen molar-refractivity contribution in [3.05, 3.63) is 77.2 Å². The molecule has 7 heteroatoms. The van der Waals surface area contributed by atoms with Crippen molar-refractivity contribution < 1.29 is 14.3 Å². The van der Waals surface area contributed by atoms with Crippen LogP contribution in [0.25, 0.3) is 6.08 Å². The smallest absolute Gasteiger partial charge is 0.266 e. The Labute approximate surface area is 185 Å². The zero-order valence-electron chi connectivity index (χ0n) is 16.5. The summed E-state index contributed by atoms with van der Waals surface area (Å²) in [7, 11) is 1.58. The standard InChI is InChI=1S/C23H22N2O3S2/c1-28-19-12-6-11-18(16-19)24-21(26)14-7-15-25-22(27)20(30-23(25)29)13-5-10-17-8-3-2-4-9-17/h2-6,8-13,16H,7,14-15H2,1H3,(H,24,26)/b10-5+,20-13-. The minimum absolute atomic E-state index is 0.115. The van der Waals surface area contributed by atoms with Crippen molar-refractivity contribution in [1.82, 2.24) is 4.90 Å². The van der Waals surface area contributed by atoms with Crippen molar-refractivity contribution in [3.63, 3.8) is 0 Å². The highest BCUT2D eigenvalue weighted by molar-refractivity contribution is 8.26. The predicted octanol–water partition coefficient (Wildman–Crippen LogP) is 4.87. The molecule has 0 aliphatic carbocycles. The molecule has 154 valence electrons. The SMILES string of the molecule is COc1cccc(NC(=O)CCCN2C(=O)/C(=C/C=C/c3ccccc3)SC2=S)c1. The summed E-state index contributed by atoms with van der Waals surface area (Å²) in [6.07, 6.45) is 6.39. The van der Waals surface area contributed by atoms with Crippen LogP contribution in [0.3, 0.4) is 0 Å². The summed E-state index contributed by atoms with van der Waals surface area (Å²) in [5.74, 6) is 0.449. The molecule has 0 spiro atoms. The van der Waals surface area contributed by atoms with E-state index in [0.717, 1.165) is 5.56 Å². The normalized spacial score (nSPS) is 15.2. The molecule has 0 aromatic heterocycles. The summed E-state index contributed by atoms with van der Waals surface area (Å²) in [5.41, 5.74) is 1.74. The maximum atomic E-state index is 12.6. The first-order chi connectivity index (χ1) is 14.6. The summed E-state index contributed by atoms with van der Waals surface area (Å²) in [5, 5.41) is 2.84. The van der Waals surface area contributed by atoms with Gasteiger partial charge in [0, 0.05) is 24.7 Å². The number of allylic oxidation sites excluding steroid dienone is 2. The van der Waals surface area contributed by atoms with Crippen LogP contribution in [0, 0.1) is 0 Å². The van der Waals surface area contributed by atoms with Crippen molar-refractivity contribution in [1.29, 1.82) is 0 Å². The van der Waals surface area contributed by atoms with Gasteiger partial charge in [0.1, 0.15) is 10.1 Å². The molecule has 0 atom stereocenters. The Bertz CT molecular complexity index is 987. The number of thiocarbonyl (C=S) groups is 1. The third-order valence-electron chi connectivity index (χ3n) is 4.35. The van der Waals surface area contributed by atoms with Crippen LogP contribution >= 0.6 is 24.0 Å². The van der Waals surface area contributed by atoms with Crippen LogP contribution < -0.4 is 10.1 Å². The molecule has 0 radical (unpaired) electrons. The van der Waals surface area contributed by atoms with Crippen LogP contribution in [0.5, 0.6) is 5.75 Å². The first-order valence-electron chi connectivity index (χ1n) is 9.48. The highest BCUT2D eigenvalue weighted by atomic mass is 32.2. The van der Waals surface area contributed by atoms with Crippen LogP contribution in [0.1, 0.15) is 18.4 Å². The Kier molecular flexibility index (Phi) is 7.82. The van der Waals surface area contributed by atoms with Gasteiger partial charge in [0.25, 0.3) is 5.91 Å². The number of rotatable bonds is 8. The number of ether oxygens (including phenoxy) is 1. The molecule has 1 heterocycles. The maximum absolute atomic E-state index is 12.6. The zero-order chi connectivity index (χ0) is 21.3. The van der Waals surface area contributed by atoms with Crippen molar-refractivity contribution >= 4 is 51.9 Å². The molecule has 5 nitrogen and oxygen atoms in total. The Balaban J connectivity index is 1.48. The van der Waals surface area contributed by atoms with Gasteiger partial charge in [0.15, 0.2) is 0 Å². The lowest BCUT2D eigenvalue weighted by Gasteiger charge is -2.14. The molecule has 1 fully saturated rings. The third-order valence-corrected chi connectivity index (χ3v) is 5.74. The summed E-state index contributed by atoms with van der Waals surface area (Å²) in [6, 6.07) is 17.1. The molecule has 2 aromatic rings. The highest BCUT2D eigenvalue weighted by Gasteiger charge is 2.31. The largest absolute Gasteiger partial charge is 0.497 e. The highest BCUT2D eigenvalue weighted by Crippen LogP contribution is 2.31. The van der Waals surface area contributed by atoms with E-state index in [2.05, 4.69) is 5.32 Å². The van der Waals surface area contributed by atoms with Gasteiger partial charge in [-0.15, -0.1) is 0 Å². The van der Waals surface area contributed by atoms with Crippen molar-refractivity contribution in [2.75, 3.05) is 19.0 Å². The van der Waals surface area contributed by atoms with Gasteiger partial charge < -0.3 is 10.1 Å². The Morgan fingerprint density at radius 3 is 2.77 bits per heavy atom. The monoisotopic (exact) mass is 438 g/mol. The molecular weight excluding hydrogens is 416 g/mol. The lowest BCUT2D eigenvalue weighted by atomic mass is 10.2. The van der Waals surface area contributed by atoms with Gasteiger partial charge in [0.05, 0.1) is 12.0 Å². The Morgan fingerprint density at radius 1 is 1.20 bits per heavy atom. The molecule has 2 aromatic carbocycles. The average Bonchev–Trinajstić information content (AvgIpc) is 3.02. The summed E-state index contributed by atoms with van der Waals surface area (Å²) >= 11 is 6.62. The molecule has 1 aliphatic heterocycles. The van der Waals surface area contributed by atoms with E-state index in [-0.39, 0.29) is 11.8 Å². The number of benzene rings is 2. The summed E-state index contributed by atoms with van der Waals surface area (Å²) in [4.78, 5) is 26.9. The maximum Gasteiger partial charge on any atom is 0.266 e. The van der Waals surface area contributed by atoms with Gasteiger partial charge >= 0.3 is 0 Å². The topological polar surface area (TPSA) is 58.6 Å². The fourth-order valence-electron chi connectivity index (χ4n) is 2.84. The number of hydrogen-bond donors (Lipinski definition) is 1. The molecule has 0 saturated carbocycles. The molecule has 3 rings (SSSR count). The van der Waals surface area contributed by atoms with E-state index in [4.69, 9.17) is 17.0 Å². The fourth-order valence-corrected chi connectivity index (χ4v) is 4.10. The van der Waals surface area contributed by atoms with Crippen LogP contribution in [0.4, 0.5) is 5.69 Å². The van der Waals surface area contributed by atoms with E-state index in [9.17, 15) is 9.59 Å². The van der Waals surface area contributed by atoms with Gasteiger partial charge in [-0.05, 0) is 30.2 Å². The van der Waals surface area contributed by atoms with E-state index in [0.29, 0.717) is 40.0 Å². The van der Waals surface area contributed by atoms with Gasteiger partial charge in [0.2, 0.25) is 5.91 Å². The van der Waals surface area contributed by atoms with Gasteiger partial charge in [-0.25, -0.2) is 0 Å². The number of methoxy groups -OCH3 is 1. The minimum atomic E-state index is -0.116. The fraction of sp³-hybridized carbons (Fsp3) is 0.174. The second-order valence-corrected chi connectivity index (χ2v) is 8.18. The number of carbonyl (C=O) groups is 2. The zero-order valence-corrected chi connectivity index (χ0v) is 18.2. The van der Waals surface area contributed by atoms with Gasteiger partial charge in [-0.2, -0.15) is 0 Å². The van der Waals surface area contributed by atoms with Crippen LogP contribution in [-0.4, -0.2) is 34.7 Å². The lowest BCUT2D eigenvalue weighted by Crippen LogP contribution is -2.29. The van der Waals surface area contributed by atoms with E-state index < -0.39 is 0 Å². The van der Waals surface area contributed by atoms with E-state index in [1.807, 2.05) is 54.6 Å². The van der Waals surface area contributed by atoms with Crippen molar-refractivity contribution in [2.24, 2.45) is 0 Å². The molecule has 1 N–H and O–H groups in total. The lowest BCUT2D eigenvalue weighted by molar-refractivity contribution is -0.122. The second kappa shape index (κ2) is 10.8. The molecule has 30 heavy (non-hydrogen) atoms. The Morgan fingerprint density at radius 2 is 2.00 bits per heavy atom. The number of hydrogen-bond acceptors (Lipinski definition) is 5. The third kappa shape index (κ3) is 6.05. The van der Waals surface area contributed by atoms with Crippen LogP contribution in [0.15, 0.2) is 71.7 Å². The van der Waals surface area contributed by atoms with Gasteiger partial charge in [-0.3, -0.25) is 14.5 Å². The quantitative estimate of drug-likeness (QED) is 0.471. The van der Waals surface area contributed by atoms with Crippen molar-refractivity contribution in [2.45, 2.75) is 12.8 Å². The molecule has 0 bridgehead atoms. The number of carbonyl (C=O) groups excluding carboxylic acids is 2. The molecule has 1 aliphatic rings. The summed E-state index contributed by atoms with van der Waals surface area (Å²) in [6.45, 7) is 0.413. The van der Waals surface area contributed by atoms with Crippen LogP contribution in [-0.2, 0) is 9.59 Å². The number of nitrogens with zero attached hydrogens (tertiary/aromatic N) is 1. The molecule has 1 saturated heterocycles. The average molecular weight is 439 g/mol. The first-order valence-corrected chi connectivity index (χ1v) is 10.7. The summed E-state index contributed by atoms with van der Waals surface area (Å²) < 4.78 is 5.67. The van der Waals surface area contributed by atoms with E-state index in [1.54, 1.807) is 30.2 Å². The number of amides is 2. The van der Waals surface area contributed by atoms with E-state index in [1.165, 1.54) is 11.8 Å². The number of anilines is 1. The first kappa shape index (κ1) is 21.8.